The van der Waals surface area contributed by atoms with E-state index in [2.05, 4.69) is 32.1 Å². The highest BCUT2D eigenvalue weighted by Gasteiger charge is 2.34. The number of unbranched alkanes of at least 4 members (excludes halogenated alkanes) is 1. The van der Waals surface area contributed by atoms with Crippen LogP contribution in [0.2, 0.25) is 5.15 Å². The van der Waals surface area contributed by atoms with Gasteiger partial charge >= 0.3 is 5.97 Å². The molecule has 3 heterocycles. The molecule has 1 amide bonds. The molecule has 188 valence electrons. The Hall–Kier alpha value is -2.17. The SMILES string of the molecule is CCCCOC(=O)c1nc(N2CCC(NC(=O)c3nc(Cl)c(CC)[nH]3)C(OCC)C2)sc1CC. The number of ether oxygens (including phenoxy) is 2. The van der Waals surface area contributed by atoms with Crippen molar-refractivity contribution in [2.75, 3.05) is 31.2 Å². The van der Waals surface area contributed by atoms with Gasteiger partial charge in [-0.1, -0.05) is 38.8 Å². The Balaban J connectivity index is 1.69. The lowest BCUT2D eigenvalue weighted by molar-refractivity contribution is 0.0271. The Morgan fingerprint density at radius 3 is 2.68 bits per heavy atom. The van der Waals surface area contributed by atoms with Crippen LogP contribution in [0.5, 0.6) is 0 Å². The first kappa shape index (κ1) is 26.4. The highest BCUT2D eigenvalue weighted by molar-refractivity contribution is 7.15. The van der Waals surface area contributed by atoms with E-state index in [4.69, 9.17) is 21.1 Å². The van der Waals surface area contributed by atoms with E-state index in [-0.39, 0.29) is 29.8 Å². The summed E-state index contributed by atoms with van der Waals surface area (Å²) in [5.41, 5.74) is 1.14. The van der Waals surface area contributed by atoms with Gasteiger partial charge < -0.3 is 24.7 Å². The molecule has 0 aromatic carbocycles. The zero-order valence-electron chi connectivity index (χ0n) is 20.3. The second kappa shape index (κ2) is 12.5. The summed E-state index contributed by atoms with van der Waals surface area (Å²) in [4.78, 5) is 40.1. The molecule has 0 spiro atoms. The molecule has 0 bridgehead atoms. The Morgan fingerprint density at radius 2 is 2.03 bits per heavy atom. The number of piperidine rings is 1. The first-order valence-corrected chi connectivity index (χ1v) is 13.2. The van der Waals surface area contributed by atoms with Crippen molar-refractivity contribution >= 4 is 39.9 Å². The molecule has 1 fully saturated rings. The number of H-pyrrole nitrogens is 1. The summed E-state index contributed by atoms with van der Waals surface area (Å²) < 4.78 is 11.4. The molecular weight excluding hydrogens is 478 g/mol. The minimum Gasteiger partial charge on any atom is -0.461 e. The van der Waals surface area contributed by atoms with Gasteiger partial charge in [-0.2, -0.15) is 0 Å². The highest BCUT2D eigenvalue weighted by Crippen LogP contribution is 2.30. The molecule has 0 aliphatic carbocycles. The lowest BCUT2D eigenvalue weighted by Gasteiger charge is -2.38. The number of aryl methyl sites for hydroxylation is 2. The topological polar surface area (TPSA) is 109 Å². The fourth-order valence-electron chi connectivity index (χ4n) is 3.86. The fourth-order valence-corrected chi connectivity index (χ4v) is 5.14. The van der Waals surface area contributed by atoms with E-state index in [1.807, 2.05) is 20.8 Å². The molecule has 11 heteroatoms. The molecule has 0 radical (unpaired) electrons. The lowest BCUT2D eigenvalue weighted by Crippen LogP contribution is -2.55. The molecule has 1 saturated heterocycles. The van der Waals surface area contributed by atoms with Crippen molar-refractivity contribution in [1.29, 1.82) is 0 Å². The number of thiazole rings is 1. The van der Waals surface area contributed by atoms with Crippen LogP contribution in [-0.4, -0.2) is 65.3 Å². The van der Waals surface area contributed by atoms with Gasteiger partial charge in [0.2, 0.25) is 0 Å². The zero-order chi connectivity index (χ0) is 24.7. The van der Waals surface area contributed by atoms with Gasteiger partial charge in [0, 0.05) is 24.6 Å². The number of nitrogens with one attached hydrogen (secondary N) is 2. The van der Waals surface area contributed by atoms with Crippen LogP contribution in [0.4, 0.5) is 5.13 Å². The first-order valence-electron chi connectivity index (χ1n) is 12.0. The van der Waals surface area contributed by atoms with E-state index >= 15 is 0 Å². The van der Waals surface area contributed by atoms with Gasteiger partial charge in [-0.05, 0) is 32.6 Å². The summed E-state index contributed by atoms with van der Waals surface area (Å²) >= 11 is 7.60. The molecular formula is C23H34ClN5O4S. The second-order valence-corrected chi connectivity index (χ2v) is 9.55. The smallest absolute Gasteiger partial charge is 0.358 e. The van der Waals surface area contributed by atoms with Gasteiger partial charge in [0.05, 0.1) is 24.4 Å². The lowest BCUT2D eigenvalue weighted by atomic mass is 10.0. The monoisotopic (exact) mass is 511 g/mol. The number of hydrogen-bond acceptors (Lipinski definition) is 8. The fraction of sp³-hybridized carbons (Fsp3) is 0.652. The van der Waals surface area contributed by atoms with E-state index in [0.29, 0.717) is 56.4 Å². The predicted octanol–water partition coefficient (Wildman–Crippen LogP) is 4.02. The van der Waals surface area contributed by atoms with Gasteiger partial charge in [-0.3, -0.25) is 4.79 Å². The molecule has 2 N–H and O–H groups in total. The molecule has 1 aliphatic heterocycles. The van der Waals surface area contributed by atoms with E-state index in [1.54, 1.807) is 0 Å². The summed E-state index contributed by atoms with van der Waals surface area (Å²) in [5.74, 6) is -0.456. The van der Waals surface area contributed by atoms with Crippen molar-refractivity contribution in [2.45, 2.75) is 71.9 Å². The minimum absolute atomic E-state index is 0.179. The van der Waals surface area contributed by atoms with Gasteiger partial charge in [-0.15, -0.1) is 11.3 Å². The minimum atomic E-state index is -0.361. The van der Waals surface area contributed by atoms with Crippen LogP contribution in [0.3, 0.4) is 0 Å². The van der Waals surface area contributed by atoms with Crippen LogP contribution in [0, 0.1) is 0 Å². The van der Waals surface area contributed by atoms with Gasteiger partial charge in [-0.25, -0.2) is 14.8 Å². The van der Waals surface area contributed by atoms with Crippen LogP contribution < -0.4 is 10.2 Å². The Kier molecular flexibility index (Phi) is 9.73. The van der Waals surface area contributed by atoms with E-state index in [1.165, 1.54) is 11.3 Å². The number of aromatic amines is 1. The Bertz CT molecular complexity index is 979. The average molecular weight is 512 g/mol. The molecule has 2 atom stereocenters. The maximum Gasteiger partial charge on any atom is 0.358 e. The molecule has 34 heavy (non-hydrogen) atoms. The van der Waals surface area contributed by atoms with Crippen LogP contribution in [0.15, 0.2) is 0 Å². The second-order valence-electron chi connectivity index (χ2n) is 8.13. The van der Waals surface area contributed by atoms with E-state index in [0.717, 1.165) is 28.5 Å². The van der Waals surface area contributed by atoms with Crippen LogP contribution in [-0.2, 0) is 22.3 Å². The maximum atomic E-state index is 12.8. The van der Waals surface area contributed by atoms with E-state index < -0.39 is 0 Å². The molecule has 2 aromatic rings. The predicted molar refractivity (Wildman–Crippen MR) is 133 cm³/mol. The number of halogens is 1. The number of anilines is 1. The number of aromatic nitrogens is 3. The van der Waals surface area contributed by atoms with Gasteiger partial charge in [0.15, 0.2) is 21.8 Å². The number of rotatable bonds is 11. The van der Waals surface area contributed by atoms with Gasteiger partial charge in [0.1, 0.15) is 0 Å². The van der Waals surface area contributed by atoms with Crippen molar-refractivity contribution in [3.8, 4) is 0 Å². The molecule has 2 unspecified atom stereocenters. The molecule has 0 saturated carbocycles. The van der Waals surface area contributed by atoms with E-state index in [9.17, 15) is 9.59 Å². The van der Waals surface area contributed by atoms with Crippen LogP contribution in [0.25, 0.3) is 0 Å². The highest BCUT2D eigenvalue weighted by atomic mass is 35.5. The summed E-state index contributed by atoms with van der Waals surface area (Å²) in [6, 6.07) is -0.179. The number of carbonyl (C=O) groups is 2. The number of esters is 1. The number of carbonyl (C=O) groups excluding carboxylic acids is 2. The molecule has 2 aromatic heterocycles. The third kappa shape index (κ3) is 6.28. The third-order valence-electron chi connectivity index (χ3n) is 5.76. The molecule has 3 rings (SSSR count). The Morgan fingerprint density at radius 1 is 1.24 bits per heavy atom. The number of imidazole rings is 1. The number of hydrogen-bond donors (Lipinski definition) is 2. The number of amides is 1. The number of nitrogens with zero attached hydrogens (tertiary/aromatic N) is 3. The van der Waals surface area contributed by atoms with Crippen molar-refractivity contribution in [3.63, 3.8) is 0 Å². The molecule has 1 aliphatic rings. The van der Waals surface area contributed by atoms with Crippen molar-refractivity contribution < 1.29 is 19.1 Å². The summed E-state index contributed by atoms with van der Waals surface area (Å²) in [5, 5.41) is 4.15. The van der Waals surface area contributed by atoms with Crippen LogP contribution >= 0.6 is 22.9 Å². The summed E-state index contributed by atoms with van der Waals surface area (Å²) in [6.07, 6.45) is 3.62. The molecule has 9 nitrogen and oxygen atoms in total. The summed E-state index contributed by atoms with van der Waals surface area (Å²) in [7, 11) is 0. The quantitative estimate of drug-likeness (QED) is 0.346. The normalized spacial score (nSPS) is 18.2. The van der Waals surface area contributed by atoms with Crippen molar-refractivity contribution in [3.05, 3.63) is 27.2 Å². The maximum absolute atomic E-state index is 12.8. The van der Waals surface area contributed by atoms with Crippen molar-refractivity contribution in [1.82, 2.24) is 20.3 Å². The third-order valence-corrected chi connectivity index (χ3v) is 7.33. The first-order chi connectivity index (χ1) is 16.4. The van der Waals surface area contributed by atoms with Crippen LogP contribution in [0.1, 0.15) is 78.6 Å². The van der Waals surface area contributed by atoms with Gasteiger partial charge in [0.25, 0.3) is 5.91 Å². The standard InChI is InChI=1S/C23H34ClN5O4S/c1-5-9-12-33-22(31)18-17(7-3)34-23(27-18)29-11-10-15(16(13-29)32-8-4)26-21(30)20-25-14(6-2)19(24)28-20/h15-16H,5-13H2,1-4H3,(H,25,28)(H,26,30). The zero-order valence-corrected chi connectivity index (χ0v) is 21.9. The largest absolute Gasteiger partial charge is 0.461 e. The average Bonchev–Trinajstić information content (AvgIpc) is 3.44. The van der Waals surface area contributed by atoms with Crippen molar-refractivity contribution in [2.24, 2.45) is 0 Å². The summed E-state index contributed by atoms with van der Waals surface area (Å²) in [6.45, 7) is 10.1. The Labute approximate surface area is 209 Å².